The first-order valence-electron chi connectivity index (χ1n) is 7.28. The molecule has 0 saturated heterocycles. The van der Waals surface area contributed by atoms with E-state index in [1.54, 1.807) is 31.4 Å². The average Bonchev–Trinajstić information content (AvgIpc) is 2.90. The van der Waals surface area contributed by atoms with Gasteiger partial charge in [0.2, 0.25) is 0 Å². The van der Waals surface area contributed by atoms with E-state index in [0.29, 0.717) is 28.5 Å². The van der Waals surface area contributed by atoms with Gasteiger partial charge in [-0.1, -0.05) is 17.7 Å². The average molecular weight is 346 g/mol. The molecule has 24 heavy (non-hydrogen) atoms. The van der Waals surface area contributed by atoms with Crippen molar-refractivity contribution in [1.82, 2.24) is 14.5 Å². The second-order valence-corrected chi connectivity index (χ2v) is 5.67. The zero-order valence-electron chi connectivity index (χ0n) is 13.5. The summed E-state index contributed by atoms with van der Waals surface area (Å²) in [5.41, 5.74) is 2.52. The van der Waals surface area contributed by atoms with Gasteiger partial charge in [0.05, 0.1) is 20.8 Å². The number of hydrogen-bond donors (Lipinski definition) is 0. The van der Waals surface area contributed by atoms with Crippen molar-refractivity contribution in [2.45, 2.75) is 13.5 Å². The molecule has 0 amide bonds. The number of carbonyl (C=O) groups excluding carboxylic acids is 1. The van der Waals surface area contributed by atoms with E-state index in [1.165, 1.54) is 7.11 Å². The minimum absolute atomic E-state index is 0.245. The van der Waals surface area contributed by atoms with Gasteiger partial charge in [-0.05, 0) is 31.2 Å². The lowest BCUT2D eigenvalue weighted by Crippen LogP contribution is -2.08. The molecule has 0 radical (unpaired) electrons. The lowest BCUT2D eigenvalue weighted by atomic mass is 10.2. The van der Waals surface area contributed by atoms with Crippen molar-refractivity contribution < 1.29 is 14.3 Å². The first-order chi connectivity index (χ1) is 11.5. The number of methoxy groups -OCH3 is 2. The molecule has 0 saturated carbocycles. The molecule has 2 heterocycles. The number of fused-ring (bicyclic) bond motifs is 1. The quantitative estimate of drug-likeness (QED) is 0.679. The monoisotopic (exact) mass is 345 g/mol. The zero-order chi connectivity index (χ0) is 17.3. The van der Waals surface area contributed by atoms with Crippen molar-refractivity contribution in [3.8, 4) is 5.75 Å². The normalized spacial score (nSPS) is 10.8. The Morgan fingerprint density at radius 3 is 2.71 bits per heavy atom. The van der Waals surface area contributed by atoms with Crippen molar-refractivity contribution in [2.75, 3.05) is 14.2 Å². The van der Waals surface area contributed by atoms with Crippen molar-refractivity contribution in [3.05, 3.63) is 52.4 Å². The highest BCUT2D eigenvalue weighted by Crippen LogP contribution is 2.25. The van der Waals surface area contributed by atoms with Crippen molar-refractivity contribution in [2.24, 2.45) is 0 Å². The van der Waals surface area contributed by atoms with E-state index in [1.807, 2.05) is 17.6 Å². The Hall–Kier alpha value is -2.60. The van der Waals surface area contributed by atoms with E-state index >= 15 is 0 Å². The summed E-state index contributed by atoms with van der Waals surface area (Å²) >= 11 is 6.01. The van der Waals surface area contributed by atoms with Gasteiger partial charge in [0, 0.05) is 10.6 Å². The Balaban J connectivity index is 2.09. The van der Waals surface area contributed by atoms with Gasteiger partial charge in [0.25, 0.3) is 0 Å². The van der Waals surface area contributed by atoms with Gasteiger partial charge in [0.15, 0.2) is 11.3 Å². The largest absolute Gasteiger partial charge is 0.496 e. The molecule has 124 valence electrons. The second kappa shape index (κ2) is 6.49. The number of aromatic nitrogens is 3. The molecule has 0 bridgehead atoms. The molecule has 3 rings (SSSR count). The van der Waals surface area contributed by atoms with E-state index in [4.69, 9.17) is 21.1 Å². The molecule has 0 atom stereocenters. The van der Waals surface area contributed by atoms with E-state index in [2.05, 4.69) is 9.97 Å². The van der Waals surface area contributed by atoms with Crippen LogP contribution in [0, 0.1) is 6.92 Å². The molecule has 2 aromatic heterocycles. The number of halogens is 1. The predicted molar refractivity (Wildman–Crippen MR) is 90.7 cm³/mol. The summed E-state index contributed by atoms with van der Waals surface area (Å²) in [6.07, 6.45) is 0. The molecule has 6 nitrogen and oxygen atoms in total. The molecule has 0 N–H and O–H groups in total. The third-order valence-electron chi connectivity index (χ3n) is 3.76. The summed E-state index contributed by atoms with van der Waals surface area (Å²) in [4.78, 5) is 20.6. The van der Waals surface area contributed by atoms with Crippen LogP contribution in [0.4, 0.5) is 0 Å². The molecule has 7 heteroatoms. The summed E-state index contributed by atoms with van der Waals surface area (Å²) in [6.45, 7) is 2.39. The van der Waals surface area contributed by atoms with E-state index in [0.717, 1.165) is 11.4 Å². The number of esters is 1. The van der Waals surface area contributed by atoms with Crippen LogP contribution < -0.4 is 4.74 Å². The first-order valence-corrected chi connectivity index (χ1v) is 7.66. The SMILES string of the molecule is COC(=O)c1ccc2nc(C)n(Cc3ccc(Cl)cc3OC)c2n1. The molecule has 0 aliphatic heterocycles. The molecule has 0 spiro atoms. The Morgan fingerprint density at radius 2 is 2.00 bits per heavy atom. The van der Waals surface area contributed by atoms with Gasteiger partial charge < -0.3 is 14.0 Å². The number of pyridine rings is 1. The third-order valence-corrected chi connectivity index (χ3v) is 3.99. The first kappa shape index (κ1) is 16.3. The van der Waals surface area contributed by atoms with E-state index in [9.17, 15) is 4.79 Å². The van der Waals surface area contributed by atoms with Crippen LogP contribution >= 0.6 is 11.6 Å². The number of aryl methyl sites for hydroxylation is 1. The summed E-state index contributed by atoms with van der Waals surface area (Å²) in [6, 6.07) is 8.83. The maximum absolute atomic E-state index is 11.7. The smallest absolute Gasteiger partial charge is 0.356 e. The minimum atomic E-state index is -0.480. The van der Waals surface area contributed by atoms with Gasteiger partial charge in [-0.2, -0.15) is 0 Å². The van der Waals surface area contributed by atoms with Crippen LogP contribution in [0.1, 0.15) is 21.9 Å². The van der Waals surface area contributed by atoms with Crippen LogP contribution in [0.3, 0.4) is 0 Å². The maximum atomic E-state index is 11.7. The maximum Gasteiger partial charge on any atom is 0.356 e. The fourth-order valence-electron chi connectivity index (χ4n) is 2.54. The fraction of sp³-hybridized carbons (Fsp3) is 0.235. The lowest BCUT2D eigenvalue weighted by molar-refractivity contribution is 0.0594. The van der Waals surface area contributed by atoms with Crippen molar-refractivity contribution >= 4 is 28.7 Å². The lowest BCUT2D eigenvalue weighted by Gasteiger charge is -2.11. The standard InChI is InChI=1S/C17H16ClN3O3/c1-10-19-13-6-7-14(17(22)24-3)20-16(13)21(10)9-11-4-5-12(18)8-15(11)23-2/h4-8H,9H2,1-3H3. The fourth-order valence-corrected chi connectivity index (χ4v) is 2.70. The van der Waals surface area contributed by atoms with Crippen molar-refractivity contribution in [3.63, 3.8) is 0 Å². The number of benzene rings is 1. The highest BCUT2D eigenvalue weighted by atomic mass is 35.5. The minimum Gasteiger partial charge on any atom is -0.496 e. The van der Waals surface area contributed by atoms with Gasteiger partial charge in [-0.3, -0.25) is 0 Å². The van der Waals surface area contributed by atoms with Crippen LogP contribution in [0.25, 0.3) is 11.2 Å². The van der Waals surface area contributed by atoms with Gasteiger partial charge >= 0.3 is 5.97 Å². The van der Waals surface area contributed by atoms with Crippen molar-refractivity contribution in [1.29, 1.82) is 0 Å². The molecule has 3 aromatic rings. The molecule has 0 fully saturated rings. The molecule has 0 aliphatic carbocycles. The van der Waals surface area contributed by atoms with Crippen LogP contribution in [-0.2, 0) is 11.3 Å². The van der Waals surface area contributed by atoms with E-state index < -0.39 is 5.97 Å². The molecule has 0 aliphatic rings. The zero-order valence-corrected chi connectivity index (χ0v) is 14.3. The summed E-state index contributed by atoms with van der Waals surface area (Å²) in [7, 11) is 2.93. The topological polar surface area (TPSA) is 66.2 Å². The Bertz CT molecular complexity index is 921. The number of imidazole rings is 1. The molecule has 1 aromatic carbocycles. The summed E-state index contributed by atoms with van der Waals surface area (Å²) in [5, 5.41) is 0.605. The van der Waals surface area contributed by atoms with Crippen LogP contribution in [0.2, 0.25) is 5.02 Å². The summed E-state index contributed by atoms with van der Waals surface area (Å²) in [5.74, 6) is 0.996. The van der Waals surface area contributed by atoms with Gasteiger partial charge in [-0.25, -0.2) is 14.8 Å². The highest BCUT2D eigenvalue weighted by Gasteiger charge is 2.15. The predicted octanol–water partition coefficient (Wildman–Crippen LogP) is 3.24. The van der Waals surface area contributed by atoms with Crippen LogP contribution in [-0.4, -0.2) is 34.7 Å². The number of carbonyl (C=O) groups is 1. The summed E-state index contributed by atoms with van der Waals surface area (Å²) < 4.78 is 12.1. The van der Waals surface area contributed by atoms with E-state index in [-0.39, 0.29) is 5.69 Å². The van der Waals surface area contributed by atoms with Crippen LogP contribution in [0.5, 0.6) is 5.75 Å². The molecular weight excluding hydrogens is 330 g/mol. The van der Waals surface area contributed by atoms with Gasteiger partial charge in [0.1, 0.15) is 17.1 Å². The number of hydrogen-bond acceptors (Lipinski definition) is 5. The second-order valence-electron chi connectivity index (χ2n) is 5.23. The van der Waals surface area contributed by atoms with Crippen LogP contribution in [0.15, 0.2) is 30.3 Å². The Kier molecular flexibility index (Phi) is 4.40. The molecular formula is C17H16ClN3O3. The highest BCUT2D eigenvalue weighted by molar-refractivity contribution is 6.30. The number of rotatable bonds is 4. The molecule has 0 unspecified atom stereocenters. The van der Waals surface area contributed by atoms with Gasteiger partial charge in [-0.15, -0.1) is 0 Å². The number of nitrogens with zero attached hydrogens (tertiary/aromatic N) is 3. The Labute approximate surface area is 144 Å². The Morgan fingerprint density at radius 1 is 1.21 bits per heavy atom. The number of ether oxygens (including phenoxy) is 2. The third kappa shape index (κ3) is 2.92.